The van der Waals surface area contributed by atoms with E-state index in [1.807, 2.05) is 31.2 Å². The SMILES string of the molecule is Cc1ccc(C2=C(N3CCN(c4cccc(C)c4C)CC3)C(=O)N(C3CCCCC3)C2=O)cc1. The van der Waals surface area contributed by atoms with Crippen LogP contribution in [0, 0.1) is 20.8 Å². The quantitative estimate of drug-likeness (QED) is 0.616. The highest BCUT2D eigenvalue weighted by Crippen LogP contribution is 2.37. The van der Waals surface area contributed by atoms with E-state index in [4.69, 9.17) is 0 Å². The van der Waals surface area contributed by atoms with Crippen molar-refractivity contribution in [1.82, 2.24) is 9.80 Å². The van der Waals surface area contributed by atoms with Crippen molar-refractivity contribution < 1.29 is 9.59 Å². The molecule has 5 nitrogen and oxygen atoms in total. The van der Waals surface area contributed by atoms with Crippen LogP contribution < -0.4 is 4.90 Å². The smallest absolute Gasteiger partial charge is 0.278 e. The van der Waals surface area contributed by atoms with Crippen LogP contribution in [0.15, 0.2) is 48.2 Å². The monoisotopic (exact) mass is 457 g/mol. The molecular weight excluding hydrogens is 422 g/mol. The van der Waals surface area contributed by atoms with Gasteiger partial charge in [0, 0.05) is 37.9 Å². The van der Waals surface area contributed by atoms with Crippen LogP contribution in [-0.4, -0.2) is 53.8 Å². The second-order valence-corrected chi connectivity index (χ2v) is 10.1. The van der Waals surface area contributed by atoms with Crippen LogP contribution in [0.3, 0.4) is 0 Å². The van der Waals surface area contributed by atoms with Gasteiger partial charge >= 0.3 is 0 Å². The van der Waals surface area contributed by atoms with Crippen molar-refractivity contribution in [2.45, 2.75) is 58.9 Å². The number of benzene rings is 2. The highest BCUT2D eigenvalue weighted by molar-refractivity contribution is 6.35. The van der Waals surface area contributed by atoms with Crippen LogP contribution >= 0.6 is 0 Å². The Hall–Kier alpha value is -3.08. The molecule has 2 aromatic carbocycles. The largest absolute Gasteiger partial charge is 0.368 e. The van der Waals surface area contributed by atoms with Gasteiger partial charge in [0.1, 0.15) is 5.70 Å². The molecule has 2 aliphatic heterocycles. The molecule has 2 heterocycles. The van der Waals surface area contributed by atoms with Gasteiger partial charge in [0.05, 0.1) is 5.57 Å². The average molecular weight is 458 g/mol. The summed E-state index contributed by atoms with van der Waals surface area (Å²) in [6, 6.07) is 14.5. The van der Waals surface area contributed by atoms with Gasteiger partial charge in [-0.3, -0.25) is 14.5 Å². The number of carbonyl (C=O) groups excluding carboxylic acids is 2. The predicted molar refractivity (Wildman–Crippen MR) is 137 cm³/mol. The lowest BCUT2D eigenvalue weighted by molar-refractivity contribution is -0.141. The fourth-order valence-electron chi connectivity index (χ4n) is 5.73. The van der Waals surface area contributed by atoms with Crippen LogP contribution in [0.1, 0.15) is 54.4 Å². The van der Waals surface area contributed by atoms with Crippen LogP contribution in [0.4, 0.5) is 5.69 Å². The van der Waals surface area contributed by atoms with Crippen molar-refractivity contribution in [1.29, 1.82) is 0 Å². The molecule has 0 unspecified atom stereocenters. The number of aryl methyl sites for hydroxylation is 2. The molecule has 5 rings (SSSR count). The standard InChI is InChI=1S/C29H35N3O2/c1-20-12-14-23(15-13-20)26-27(29(34)32(28(26)33)24-9-5-4-6-10-24)31-18-16-30(17-19-31)25-11-7-8-21(2)22(25)3/h7-8,11-15,24H,4-6,9-10,16-19H2,1-3H3. The van der Waals surface area contributed by atoms with Gasteiger partial charge in [0.2, 0.25) is 0 Å². The van der Waals surface area contributed by atoms with E-state index in [1.54, 1.807) is 4.90 Å². The van der Waals surface area contributed by atoms with E-state index in [-0.39, 0.29) is 17.9 Å². The zero-order chi connectivity index (χ0) is 23.8. The Morgan fingerprint density at radius 3 is 2.06 bits per heavy atom. The molecule has 178 valence electrons. The summed E-state index contributed by atoms with van der Waals surface area (Å²) in [7, 11) is 0. The summed E-state index contributed by atoms with van der Waals surface area (Å²) in [5.41, 5.74) is 7.08. The summed E-state index contributed by atoms with van der Waals surface area (Å²) in [4.78, 5) is 33.7. The Morgan fingerprint density at radius 2 is 1.38 bits per heavy atom. The molecule has 3 aliphatic rings. The molecule has 0 radical (unpaired) electrons. The third-order valence-electron chi connectivity index (χ3n) is 7.88. The highest BCUT2D eigenvalue weighted by Gasteiger charge is 2.45. The Morgan fingerprint density at radius 1 is 0.735 bits per heavy atom. The summed E-state index contributed by atoms with van der Waals surface area (Å²) in [5.74, 6) is -0.194. The first-order valence-corrected chi connectivity index (χ1v) is 12.7. The zero-order valence-electron chi connectivity index (χ0n) is 20.6. The normalized spacial score (nSPS) is 20.0. The lowest BCUT2D eigenvalue weighted by Gasteiger charge is -2.39. The van der Waals surface area contributed by atoms with Gasteiger partial charge in [-0.05, 0) is 56.4 Å². The fourth-order valence-corrected chi connectivity index (χ4v) is 5.73. The van der Waals surface area contributed by atoms with Gasteiger partial charge in [-0.1, -0.05) is 61.2 Å². The number of hydrogen-bond donors (Lipinski definition) is 0. The maximum absolute atomic E-state index is 13.8. The number of rotatable bonds is 4. The van der Waals surface area contributed by atoms with E-state index in [0.717, 1.165) is 63.0 Å². The first-order chi connectivity index (χ1) is 16.5. The maximum Gasteiger partial charge on any atom is 0.278 e. The third-order valence-corrected chi connectivity index (χ3v) is 7.88. The molecule has 5 heteroatoms. The number of hydrogen-bond acceptors (Lipinski definition) is 4. The van der Waals surface area contributed by atoms with E-state index in [2.05, 4.69) is 41.8 Å². The summed E-state index contributed by atoms with van der Waals surface area (Å²) in [6.07, 6.45) is 5.22. The summed E-state index contributed by atoms with van der Waals surface area (Å²) in [5, 5.41) is 0. The maximum atomic E-state index is 13.8. The number of amides is 2. The fraction of sp³-hybridized carbons (Fsp3) is 0.448. The van der Waals surface area contributed by atoms with Crippen LogP contribution in [0.2, 0.25) is 0 Å². The molecule has 2 amide bonds. The second-order valence-electron chi connectivity index (χ2n) is 10.1. The number of anilines is 1. The number of imide groups is 1. The van der Waals surface area contributed by atoms with Crippen molar-refractivity contribution in [2.75, 3.05) is 31.1 Å². The molecule has 0 N–H and O–H groups in total. The summed E-state index contributed by atoms with van der Waals surface area (Å²) >= 11 is 0. The minimum Gasteiger partial charge on any atom is -0.368 e. The molecule has 0 aromatic heterocycles. The molecule has 0 atom stereocenters. The Bertz CT molecular complexity index is 1120. The molecule has 0 spiro atoms. The molecule has 2 aromatic rings. The minimum atomic E-state index is -0.104. The highest BCUT2D eigenvalue weighted by atomic mass is 16.2. The molecule has 1 aliphatic carbocycles. The van der Waals surface area contributed by atoms with Gasteiger partial charge in [0.15, 0.2) is 0 Å². The van der Waals surface area contributed by atoms with E-state index in [9.17, 15) is 9.59 Å². The van der Waals surface area contributed by atoms with Crippen molar-refractivity contribution in [2.24, 2.45) is 0 Å². The van der Waals surface area contributed by atoms with Gasteiger partial charge in [0.25, 0.3) is 11.8 Å². The van der Waals surface area contributed by atoms with Crippen molar-refractivity contribution in [3.63, 3.8) is 0 Å². The Kier molecular flexibility index (Phi) is 6.20. The zero-order valence-corrected chi connectivity index (χ0v) is 20.6. The van der Waals surface area contributed by atoms with Crippen LogP contribution in [0.5, 0.6) is 0 Å². The molecule has 34 heavy (non-hydrogen) atoms. The van der Waals surface area contributed by atoms with Gasteiger partial charge in [-0.2, -0.15) is 0 Å². The Balaban J connectivity index is 1.45. The van der Waals surface area contributed by atoms with E-state index < -0.39 is 0 Å². The van der Waals surface area contributed by atoms with E-state index >= 15 is 0 Å². The molecule has 1 saturated heterocycles. The first-order valence-electron chi connectivity index (χ1n) is 12.7. The van der Waals surface area contributed by atoms with E-state index in [1.165, 1.54) is 23.2 Å². The van der Waals surface area contributed by atoms with E-state index in [0.29, 0.717) is 11.3 Å². The van der Waals surface area contributed by atoms with Crippen molar-refractivity contribution in [3.05, 3.63) is 70.4 Å². The topological polar surface area (TPSA) is 43.9 Å². The van der Waals surface area contributed by atoms with Crippen LogP contribution in [-0.2, 0) is 9.59 Å². The molecule has 0 bridgehead atoms. The number of carbonyl (C=O) groups is 2. The lowest BCUT2D eigenvalue weighted by atomic mass is 9.94. The van der Waals surface area contributed by atoms with Gasteiger partial charge in [-0.25, -0.2) is 0 Å². The summed E-state index contributed by atoms with van der Waals surface area (Å²) < 4.78 is 0. The molecule has 2 fully saturated rings. The predicted octanol–water partition coefficient (Wildman–Crippen LogP) is 4.85. The van der Waals surface area contributed by atoms with Crippen LogP contribution in [0.25, 0.3) is 5.57 Å². The Labute approximate surface area is 203 Å². The minimum absolute atomic E-state index is 0.0305. The second kappa shape index (κ2) is 9.28. The molecular formula is C29H35N3O2. The lowest BCUT2D eigenvalue weighted by Crippen LogP contribution is -2.49. The van der Waals surface area contributed by atoms with Gasteiger partial charge in [-0.15, -0.1) is 0 Å². The van der Waals surface area contributed by atoms with Gasteiger partial charge < -0.3 is 9.80 Å². The third kappa shape index (κ3) is 4.02. The number of nitrogens with zero attached hydrogens (tertiary/aromatic N) is 3. The van der Waals surface area contributed by atoms with Crippen molar-refractivity contribution in [3.8, 4) is 0 Å². The number of piperazine rings is 1. The average Bonchev–Trinajstić information content (AvgIpc) is 3.12. The summed E-state index contributed by atoms with van der Waals surface area (Å²) in [6.45, 7) is 9.50. The first kappa shape index (κ1) is 22.7. The molecule has 1 saturated carbocycles. The van der Waals surface area contributed by atoms with Crippen molar-refractivity contribution >= 4 is 23.1 Å².